The molecule has 29 N–H and O–H groups in total. The quantitative estimate of drug-likeness (QED) is 0.0251. The highest BCUT2D eigenvalue weighted by atomic mass is 16.7. The van der Waals surface area contributed by atoms with Gasteiger partial charge in [-0.15, -0.1) is 0 Å². The summed E-state index contributed by atoms with van der Waals surface area (Å²) >= 11 is 0. The van der Waals surface area contributed by atoms with E-state index in [-0.39, 0.29) is 131 Å². The lowest BCUT2D eigenvalue weighted by molar-refractivity contribution is -0.292. The van der Waals surface area contributed by atoms with Gasteiger partial charge in [-0.1, -0.05) is 0 Å². The molecule has 6 saturated heterocycles. The highest BCUT2D eigenvalue weighted by Gasteiger charge is 2.48. The van der Waals surface area contributed by atoms with Gasteiger partial charge in [-0.2, -0.15) is 0 Å². The van der Waals surface area contributed by atoms with Crippen molar-refractivity contribution in [3.63, 3.8) is 0 Å². The van der Waals surface area contributed by atoms with E-state index >= 15 is 0 Å². The first-order chi connectivity index (χ1) is 62.4. The Balaban J connectivity index is 1.14. The number of unbranched alkanes of at least 4 members (excludes halogenated alkanes) is 2. The molecule has 0 radical (unpaired) electrons. The summed E-state index contributed by atoms with van der Waals surface area (Å²) in [5, 5.41) is 220. The second-order valence-corrected chi connectivity index (χ2v) is 32.7. The lowest BCUT2D eigenvalue weighted by atomic mass is 10.0. The zero-order chi connectivity index (χ0) is 97.9. The van der Waals surface area contributed by atoms with Crippen LogP contribution in [-0.2, 0) is 105 Å². The molecule has 6 heterocycles. The number of ether oxygens (including phenoxy) is 12. The topological polar surface area (TPSA) is 813 Å². The van der Waals surface area contributed by atoms with Gasteiger partial charge in [-0.25, -0.2) is 9.59 Å². The number of aliphatic hydroxyl groups is 18. The number of aliphatic carboxylic acids is 1. The molecule has 0 unspecified atom stereocenters. The Morgan fingerprint density at radius 1 is 0.258 bits per heavy atom. The third-order valence-corrected chi connectivity index (χ3v) is 22.0. The van der Waals surface area contributed by atoms with E-state index in [2.05, 4.69) is 53.2 Å². The summed E-state index contributed by atoms with van der Waals surface area (Å²) in [4.78, 5) is 153. The summed E-state index contributed by atoms with van der Waals surface area (Å²) < 4.78 is 65.4. The first-order valence-electron chi connectivity index (χ1n) is 43.4. The maximum atomic E-state index is 14.5. The molecule has 6 aliphatic rings. The third-order valence-electron chi connectivity index (χ3n) is 22.0. The Kier molecular flexibility index (Phi) is 49.0. The van der Waals surface area contributed by atoms with Crippen LogP contribution in [-0.4, -0.2) is 518 Å². The van der Waals surface area contributed by atoms with Crippen molar-refractivity contribution in [3.05, 3.63) is 0 Å². The summed E-state index contributed by atoms with van der Waals surface area (Å²) in [6.07, 6.45) is -43.8. The fourth-order valence-corrected chi connectivity index (χ4v) is 14.1. The molecular weight excluding hydrogens is 1780 g/mol. The molecule has 760 valence electrons. The molecule has 32 atom stereocenters. The van der Waals surface area contributed by atoms with Crippen LogP contribution in [0.5, 0.6) is 0 Å². The fourth-order valence-electron chi connectivity index (χ4n) is 14.1. The van der Waals surface area contributed by atoms with Crippen LogP contribution >= 0.6 is 0 Å². The summed E-state index contributed by atoms with van der Waals surface area (Å²) in [7, 11) is 0. The number of hydrogen-bond acceptors (Lipinski definition) is 43. The number of urea groups is 1. The SMILES string of the molecule is C[C@@H]1O[C@@H](OCCNC(=O)CN(CC(=O)NCCCC[C@H](NC(=O)[C@H](CCCCNC(=O)N(CC(=O)NCCO[C@@H]2O[C@@H](C)[C@@H](O)[C@@H](O)[C@@H]2O)CC(=O)NCCO[C@@H]2O[C@@H](C)[C@@H](O)[C@@H](O)[C@@H]2O)NC(=O)CN(CC(=O)NCCO[C@@H]2O[C@@H](C)[C@@H](O)[C@@H](O)[C@@H]2O)CC(=O)NCCO[C@@H]2O[C@@H](C)[C@@H](O)[C@@H](O)[C@@H]2O)C(=O)O)CC(=O)NCCO[C@@H]2O[C@@H](C)[C@@H](O)[C@@H](O)[C@@H]2O)[C@@H](O)[C@H](O)[C@@H]1O. The molecule has 0 aromatic carbocycles. The number of nitrogens with one attached hydrogen (secondary N) is 10. The standard InChI is InChI=1S/C77H135N13O42/c1-35-51(99)57(105)63(111)71(127-35)121-21-15-79-44(92)28-88(29-45(93)80-16-22-122-72-64(112)58(106)52(100)36(2)128-72)27-43(91)78-13-9-8-12-42(70(118)119)87-69(117)41(86-50(98)32-89(30-46(94)81-17-23-123-73-65(113)59(107)53(101)37(3)129-73)31-47(95)82-18-24-124-74-66(114)60(108)54(102)38(4)130-74)11-7-10-14-85-77(120)90(33-48(96)83-19-25-125-75-67(115)61(109)55(103)39(5)131-75)34-49(97)84-20-26-126-76-68(116)62(110)56(104)40(6)132-76/h35-42,51-68,71-76,99-116H,7-34H2,1-6H3,(H,78,91)(H,79,92)(H,80,93)(H,81,94)(H,82,95)(H,83,96)(H,84,97)(H,85,120)(H,86,98)(H,87,117)(H,118,119)/t35-,36-,37-,38-,39-,40-,41-,42-,51+,52+,53+,54+,55+,56+,57+,58+,59+,60+,61+,62+,63-,64-,65-,66-,67-,68-,71+,72+,73+,74+,75+,76+/m0/s1. The van der Waals surface area contributed by atoms with E-state index in [9.17, 15) is 150 Å². The van der Waals surface area contributed by atoms with Gasteiger partial charge in [0.1, 0.15) is 135 Å². The van der Waals surface area contributed by atoms with Gasteiger partial charge in [0.05, 0.1) is 116 Å². The lowest BCUT2D eigenvalue weighted by Crippen LogP contribution is -2.57. The summed E-state index contributed by atoms with van der Waals surface area (Å²) in [5.41, 5.74) is 0. The lowest BCUT2D eigenvalue weighted by Gasteiger charge is -2.38. The zero-order valence-corrected chi connectivity index (χ0v) is 74.0. The van der Waals surface area contributed by atoms with Crippen LogP contribution in [0.4, 0.5) is 4.79 Å². The molecule has 0 bridgehead atoms. The maximum Gasteiger partial charge on any atom is 0.326 e. The molecule has 6 rings (SSSR count). The highest BCUT2D eigenvalue weighted by molar-refractivity contribution is 5.92. The molecule has 0 aromatic heterocycles. The van der Waals surface area contributed by atoms with E-state index in [0.29, 0.717) is 0 Å². The molecule has 6 fully saturated rings. The molecule has 0 spiro atoms. The Morgan fingerprint density at radius 2 is 0.470 bits per heavy atom. The van der Waals surface area contributed by atoms with E-state index in [1.165, 1.54) is 41.5 Å². The smallest absolute Gasteiger partial charge is 0.326 e. The second-order valence-electron chi connectivity index (χ2n) is 32.7. The Labute approximate surface area is 757 Å². The minimum Gasteiger partial charge on any atom is -0.480 e. The van der Waals surface area contributed by atoms with Crippen LogP contribution in [0.25, 0.3) is 0 Å². The maximum absolute atomic E-state index is 14.5. The van der Waals surface area contributed by atoms with Gasteiger partial charge in [-0.05, 0) is 80.1 Å². The van der Waals surface area contributed by atoms with Gasteiger partial charge in [0, 0.05) is 52.4 Å². The van der Waals surface area contributed by atoms with Gasteiger partial charge < -0.3 is 212 Å². The average Bonchev–Trinajstić information content (AvgIpc) is 0.844. The zero-order valence-electron chi connectivity index (χ0n) is 74.0. The van der Waals surface area contributed by atoms with Crippen molar-refractivity contribution < 1.29 is 207 Å². The van der Waals surface area contributed by atoms with E-state index < -0.39 is 314 Å². The number of carbonyl (C=O) groups excluding carboxylic acids is 10. The number of carboxylic acid groups (broad SMARTS) is 1. The van der Waals surface area contributed by atoms with Crippen molar-refractivity contribution in [1.82, 2.24) is 67.9 Å². The van der Waals surface area contributed by atoms with Gasteiger partial charge in [0.2, 0.25) is 53.2 Å². The predicted molar refractivity (Wildman–Crippen MR) is 438 cm³/mol. The van der Waals surface area contributed by atoms with E-state index in [0.717, 1.165) is 14.7 Å². The summed E-state index contributed by atoms with van der Waals surface area (Å²) in [5.74, 6) is -9.43. The van der Waals surface area contributed by atoms with Crippen molar-refractivity contribution in [2.75, 3.05) is 144 Å². The Hall–Kier alpha value is -7.31. The van der Waals surface area contributed by atoms with Crippen molar-refractivity contribution in [3.8, 4) is 0 Å². The molecule has 11 amide bonds. The molecule has 0 aromatic rings. The van der Waals surface area contributed by atoms with Gasteiger partial charge in [0.25, 0.3) is 0 Å². The van der Waals surface area contributed by atoms with Crippen molar-refractivity contribution in [2.24, 2.45) is 0 Å². The fraction of sp³-hybridized carbons (Fsp3) is 0.857. The monoisotopic (exact) mass is 1910 g/mol. The largest absolute Gasteiger partial charge is 0.480 e. The molecular formula is C77H135N13O42. The van der Waals surface area contributed by atoms with E-state index in [1.54, 1.807) is 0 Å². The van der Waals surface area contributed by atoms with Crippen LogP contribution in [0.1, 0.15) is 80.1 Å². The molecule has 0 saturated carbocycles. The normalized spacial score (nSPS) is 32.9. The van der Waals surface area contributed by atoms with E-state index in [1.807, 2.05) is 0 Å². The van der Waals surface area contributed by atoms with Crippen LogP contribution in [0, 0.1) is 0 Å². The Bertz CT molecular complexity index is 3400. The minimum atomic E-state index is -1.72. The number of hydrogen-bond donors (Lipinski definition) is 29. The number of carbonyl (C=O) groups is 11. The van der Waals surface area contributed by atoms with Crippen LogP contribution in [0.2, 0.25) is 0 Å². The van der Waals surface area contributed by atoms with Gasteiger partial charge in [-0.3, -0.25) is 53.0 Å². The molecule has 0 aliphatic carbocycles. The van der Waals surface area contributed by atoms with Gasteiger partial charge >= 0.3 is 12.0 Å². The van der Waals surface area contributed by atoms with Crippen LogP contribution in [0.15, 0.2) is 0 Å². The number of amides is 11. The molecule has 55 nitrogen and oxygen atoms in total. The first-order valence-corrected chi connectivity index (χ1v) is 43.4. The van der Waals surface area contributed by atoms with Crippen LogP contribution < -0.4 is 53.2 Å². The third kappa shape index (κ3) is 36.6. The molecule has 6 aliphatic heterocycles. The number of nitrogens with zero attached hydrogens (tertiary/aromatic N) is 3. The average molecular weight is 1910 g/mol. The van der Waals surface area contributed by atoms with Crippen LogP contribution in [0.3, 0.4) is 0 Å². The summed E-state index contributed by atoms with van der Waals surface area (Å²) in [6, 6.07) is -4.43. The predicted octanol–water partition coefficient (Wildman–Crippen LogP) is -17.1. The molecule has 132 heavy (non-hydrogen) atoms. The van der Waals surface area contributed by atoms with Gasteiger partial charge in [0.15, 0.2) is 37.7 Å². The second kappa shape index (κ2) is 57.0. The van der Waals surface area contributed by atoms with Crippen molar-refractivity contribution in [2.45, 2.75) is 276 Å². The first kappa shape index (κ1) is 113. The highest BCUT2D eigenvalue weighted by Crippen LogP contribution is 2.28. The van der Waals surface area contributed by atoms with Crippen molar-refractivity contribution >= 4 is 65.2 Å². The summed E-state index contributed by atoms with van der Waals surface area (Å²) in [6.45, 7) is -1.38. The molecule has 55 heteroatoms. The Morgan fingerprint density at radius 3 is 0.712 bits per heavy atom. The van der Waals surface area contributed by atoms with E-state index in [4.69, 9.17) is 56.8 Å². The number of aliphatic hydroxyl groups excluding tert-OH is 18. The van der Waals surface area contributed by atoms with Crippen molar-refractivity contribution in [1.29, 1.82) is 0 Å². The number of carboxylic acids is 1. The minimum absolute atomic E-state index is 0.0229. The number of rotatable bonds is 54.